The first-order valence-corrected chi connectivity index (χ1v) is 5.96. The van der Waals surface area contributed by atoms with E-state index >= 15 is 0 Å². The molecule has 0 saturated carbocycles. The first-order valence-electron chi connectivity index (χ1n) is 5.96. The van der Waals surface area contributed by atoms with Gasteiger partial charge in [0.25, 0.3) is 0 Å². The summed E-state index contributed by atoms with van der Waals surface area (Å²) < 4.78 is 0. The number of nitrogens with zero attached hydrogens (tertiary/aromatic N) is 2. The first kappa shape index (κ1) is 13.1. The van der Waals surface area contributed by atoms with Crippen molar-refractivity contribution >= 4 is 0 Å². The van der Waals surface area contributed by atoms with Gasteiger partial charge in [0.15, 0.2) is 0 Å². The molecule has 0 bridgehead atoms. The Hall–Kier alpha value is -0.960. The second-order valence-electron chi connectivity index (χ2n) is 5.35. The third-order valence-corrected chi connectivity index (χ3v) is 2.76. The third-order valence-electron chi connectivity index (χ3n) is 2.76. The van der Waals surface area contributed by atoms with Crippen LogP contribution in [-0.2, 0) is 6.42 Å². The molecule has 1 rings (SSSR count). The second kappa shape index (κ2) is 5.39. The van der Waals surface area contributed by atoms with Crippen molar-refractivity contribution in [2.45, 2.75) is 47.1 Å². The third kappa shape index (κ3) is 3.89. The predicted octanol–water partition coefficient (Wildman–Crippen LogP) is 2.35. The molecular weight excluding hydrogens is 198 g/mol. The van der Waals surface area contributed by atoms with Crippen molar-refractivity contribution in [3.8, 4) is 0 Å². The van der Waals surface area contributed by atoms with E-state index in [0.717, 1.165) is 24.4 Å². The zero-order valence-corrected chi connectivity index (χ0v) is 11.0. The van der Waals surface area contributed by atoms with Crippen molar-refractivity contribution < 1.29 is 0 Å². The second-order valence-corrected chi connectivity index (χ2v) is 5.35. The molecule has 3 nitrogen and oxygen atoms in total. The summed E-state index contributed by atoms with van der Waals surface area (Å²) >= 11 is 0. The molecule has 0 fully saturated rings. The highest BCUT2D eigenvalue weighted by Crippen LogP contribution is 2.21. The molecule has 0 radical (unpaired) electrons. The number of aryl methyl sites for hydroxylation is 1. The lowest BCUT2D eigenvalue weighted by Crippen LogP contribution is -2.42. The SMILES string of the molecule is CCNC(Cc1ccc(C)nn1)C(C)(C)C. The Morgan fingerprint density at radius 1 is 1.25 bits per heavy atom. The molecule has 90 valence electrons. The molecule has 0 aliphatic carbocycles. The Morgan fingerprint density at radius 3 is 2.38 bits per heavy atom. The molecule has 1 unspecified atom stereocenters. The van der Waals surface area contributed by atoms with Gasteiger partial charge in [-0.3, -0.25) is 0 Å². The summed E-state index contributed by atoms with van der Waals surface area (Å²) in [5, 5.41) is 11.8. The Morgan fingerprint density at radius 2 is 1.94 bits per heavy atom. The van der Waals surface area contributed by atoms with Gasteiger partial charge < -0.3 is 5.32 Å². The van der Waals surface area contributed by atoms with E-state index in [1.54, 1.807) is 0 Å². The topological polar surface area (TPSA) is 37.8 Å². The highest BCUT2D eigenvalue weighted by atomic mass is 15.1. The smallest absolute Gasteiger partial charge is 0.0647 e. The molecule has 1 atom stereocenters. The minimum atomic E-state index is 0.239. The van der Waals surface area contributed by atoms with Gasteiger partial charge >= 0.3 is 0 Å². The minimum absolute atomic E-state index is 0.239. The van der Waals surface area contributed by atoms with Crippen LogP contribution in [0.3, 0.4) is 0 Å². The Labute approximate surface area is 98.7 Å². The van der Waals surface area contributed by atoms with Crippen LogP contribution in [0.1, 0.15) is 39.1 Å². The van der Waals surface area contributed by atoms with Crippen molar-refractivity contribution in [2.75, 3.05) is 6.54 Å². The molecule has 0 aliphatic rings. The standard InChI is InChI=1S/C13H23N3/c1-6-14-12(13(3,4)5)9-11-8-7-10(2)15-16-11/h7-8,12,14H,6,9H2,1-5H3. The fourth-order valence-electron chi connectivity index (χ4n) is 1.68. The number of nitrogens with one attached hydrogen (secondary N) is 1. The molecule has 0 aliphatic heterocycles. The average molecular weight is 221 g/mol. The normalized spacial score (nSPS) is 13.8. The Balaban J connectivity index is 2.72. The van der Waals surface area contributed by atoms with Gasteiger partial charge in [0.1, 0.15) is 0 Å². The zero-order chi connectivity index (χ0) is 12.2. The minimum Gasteiger partial charge on any atom is -0.313 e. The fraction of sp³-hybridized carbons (Fsp3) is 0.692. The molecule has 0 aromatic carbocycles. The van der Waals surface area contributed by atoms with Crippen LogP contribution in [0, 0.1) is 12.3 Å². The van der Waals surface area contributed by atoms with Gasteiger partial charge in [0, 0.05) is 12.5 Å². The zero-order valence-electron chi connectivity index (χ0n) is 11.0. The summed E-state index contributed by atoms with van der Waals surface area (Å²) in [4.78, 5) is 0. The molecule has 0 spiro atoms. The van der Waals surface area contributed by atoms with E-state index in [2.05, 4.69) is 49.3 Å². The Kier molecular flexibility index (Phi) is 4.42. The highest BCUT2D eigenvalue weighted by molar-refractivity contribution is 5.07. The highest BCUT2D eigenvalue weighted by Gasteiger charge is 2.24. The Bertz CT molecular complexity index is 311. The summed E-state index contributed by atoms with van der Waals surface area (Å²) in [7, 11) is 0. The van der Waals surface area contributed by atoms with E-state index in [-0.39, 0.29) is 5.41 Å². The van der Waals surface area contributed by atoms with Crippen LogP contribution in [0.2, 0.25) is 0 Å². The van der Waals surface area contributed by atoms with Crippen molar-refractivity contribution in [1.29, 1.82) is 0 Å². The molecule has 0 amide bonds. The largest absolute Gasteiger partial charge is 0.313 e. The van der Waals surface area contributed by atoms with Crippen molar-refractivity contribution in [3.63, 3.8) is 0 Å². The van der Waals surface area contributed by atoms with Crippen LogP contribution in [0.5, 0.6) is 0 Å². The fourth-order valence-corrected chi connectivity index (χ4v) is 1.68. The van der Waals surface area contributed by atoms with Gasteiger partial charge in [0.05, 0.1) is 11.4 Å². The summed E-state index contributed by atoms with van der Waals surface area (Å²) in [5.41, 5.74) is 2.27. The van der Waals surface area contributed by atoms with Crippen LogP contribution in [0.15, 0.2) is 12.1 Å². The van der Waals surface area contributed by atoms with E-state index in [1.807, 2.05) is 13.0 Å². The summed E-state index contributed by atoms with van der Waals surface area (Å²) in [6.07, 6.45) is 0.935. The summed E-state index contributed by atoms with van der Waals surface area (Å²) in [6.45, 7) is 11.8. The van der Waals surface area contributed by atoms with Crippen molar-refractivity contribution in [2.24, 2.45) is 5.41 Å². The number of hydrogen-bond acceptors (Lipinski definition) is 3. The van der Waals surface area contributed by atoms with E-state index in [1.165, 1.54) is 0 Å². The number of hydrogen-bond donors (Lipinski definition) is 1. The van der Waals surface area contributed by atoms with Crippen LogP contribution in [-0.4, -0.2) is 22.8 Å². The van der Waals surface area contributed by atoms with Gasteiger partial charge in [-0.05, 0) is 31.0 Å². The molecule has 0 saturated heterocycles. The summed E-state index contributed by atoms with van der Waals surface area (Å²) in [5.74, 6) is 0. The van der Waals surface area contributed by atoms with Crippen LogP contribution < -0.4 is 5.32 Å². The quantitative estimate of drug-likeness (QED) is 0.848. The maximum absolute atomic E-state index is 4.22. The lowest BCUT2D eigenvalue weighted by Gasteiger charge is -2.31. The molecule has 1 aromatic heterocycles. The molecular formula is C13H23N3. The lowest BCUT2D eigenvalue weighted by molar-refractivity contribution is 0.268. The monoisotopic (exact) mass is 221 g/mol. The predicted molar refractivity (Wildman–Crippen MR) is 67.4 cm³/mol. The number of rotatable bonds is 4. The van der Waals surface area contributed by atoms with E-state index in [4.69, 9.17) is 0 Å². The van der Waals surface area contributed by atoms with Crippen LogP contribution >= 0.6 is 0 Å². The van der Waals surface area contributed by atoms with E-state index in [0.29, 0.717) is 6.04 Å². The molecule has 1 N–H and O–H groups in total. The van der Waals surface area contributed by atoms with E-state index < -0.39 is 0 Å². The van der Waals surface area contributed by atoms with Crippen molar-refractivity contribution in [3.05, 3.63) is 23.5 Å². The van der Waals surface area contributed by atoms with Crippen LogP contribution in [0.25, 0.3) is 0 Å². The maximum Gasteiger partial charge on any atom is 0.0647 e. The molecule has 3 heteroatoms. The average Bonchev–Trinajstić information content (AvgIpc) is 2.19. The van der Waals surface area contributed by atoms with Gasteiger partial charge in [-0.25, -0.2) is 0 Å². The molecule has 1 aromatic rings. The van der Waals surface area contributed by atoms with Gasteiger partial charge in [-0.2, -0.15) is 10.2 Å². The molecule has 1 heterocycles. The summed E-state index contributed by atoms with van der Waals surface area (Å²) in [6, 6.07) is 4.53. The molecule has 16 heavy (non-hydrogen) atoms. The van der Waals surface area contributed by atoms with Gasteiger partial charge in [-0.1, -0.05) is 27.7 Å². The maximum atomic E-state index is 4.22. The van der Waals surface area contributed by atoms with Gasteiger partial charge in [-0.15, -0.1) is 0 Å². The number of aromatic nitrogens is 2. The lowest BCUT2D eigenvalue weighted by atomic mass is 9.84. The van der Waals surface area contributed by atoms with E-state index in [9.17, 15) is 0 Å². The first-order chi connectivity index (χ1) is 7.43. The van der Waals surface area contributed by atoms with Crippen molar-refractivity contribution in [1.82, 2.24) is 15.5 Å². The van der Waals surface area contributed by atoms with Gasteiger partial charge in [0.2, 0.25) is 0 Å². The van der Waals surface area contributed by atoms with Crippen LogP contribution in [0.4, 0.5) is 0 Å². The number of likely N-dealkylation sites (N-methyl/N-ethyl adjacent to an activating group) is 1.